The summed E-state index contributed by atoms with van der Waals surface area (Å²) in [5.41, 5.74) is 2.93. The molecule has 0 saturated carbocycles. The number of anilines is 1. The predicted molar refractivity (Wildman–Crippen MR) is 144 cm³/mol. The molecule has 3 heterocycles. The van der Waals surface area contributed by atoms with Gasteiger partial charge in [-0.3, -0.25) is 9.80 Å². The first-order valence-electron chi connectivity index (χ1n) is 11.6. The number of aromatic nitrogens is 1. The lowest BCUT2D eigenvalue weighted by molar-refractivity contribution is 0.212. The zero-order chi connectivity index (χ0) is 26.5. The minimum atomic E-state index is -3.92. The number of rotatable bonds is 4. The monoisotopic (exact) mass is 562 g/mol. The second-order valence-electron chi connectivity index (χ2n) is 9.05. The standard InChI is InChI=1S/C25H24F2N4O3S3/c1-14-4-5-15(2)24(37(28,33)34)35-23(14)31-13-3-12-30(25(31)32)17-8-6-16(7-9-17)22-20-18(26)10-11-19(27)21(20)29-36-22/h6-11H,3-5,12-13H2,1-2H3,(H2,28,33,34). The first-order valence-corrected chi connectivity index (χ1v) is 14.7. The molecular weight excluding hydrogens is 538 g/mol. The molecule has 12 heteroatoms. The third-order valence-electron chi connectivity index (χ3n) is 6.48. The van der Waals surface area contributed by atoms with Crippen molar-refractivity contribution in [2.75, 3.05) is 18.0 Å². The Morgan fingerprint density at radius 2 is 1.59 bits per heavy atom. The van der Waals surface area contributed by atoms with Gasteiger partial charge in [0.2, 0.25) is 10.0 Å². The average molecular weight is 563 g/mol. The minimum Gasteiger partial charge on any atom is -0.294 e. The van der Waals surface area contributed by atoms with Crippen LogP contribution >= 0.6 is 23.3 Å². The number of thioether (sulfide) groups is 1. The summed E-state index contributed by atoms with van der Waals surface area (Å²) in [6, 6.07) is 8.94. The molecule has 0 unspecified atom stereocenters. The van der Waals surface area contributed by atoms with E-state index in [0.717, 1.165) is 41.0 Å². The fourth-order valence-electron chi connectivity index (χ4n) is 4.56. The summed E-state index contributed by atoms with van der Waals surface area (Å²) in [6.45, 7) is 4.61. The van der Waals surface area contributed by atoms with Gasteiger partial charge in [0.1, 0.15) is 15.6 Å². The van der Waals surface area contributed by atoms with E-state index in [9.17, 15) is 22.0 Å². The molecule has 2 aliphatic heterocycles. The molecule has 1 aromatic heterocycles. The van der Waals surface area contributed by atoms with E-state index < -0.39 is 21.7 Å². The normalized spacial score (nSPS) is 17.7. The van der Waals surface area contributed by atoms with Crippen molar-refractivity contribution in [3.05, 3.63) is 68.4 Å². The van der Waals surface area contributed by atoms with Gasteiger partial charge in [-0.2, -0.15) is 4.37 Å². The number of amides is 2. The molecule has 2 N–H and O–H groups in total. The molecule has 194 valence electrons. The smallest absolute Gasteiger partial charge is 0.294 e. The highest BCUT2D eigenvalue weighted by Crippen LogP contribution is 2.42. The largest absolute Gasteiger partial charge is 0.329 e. The predicted octanol–water partition coefficient (Wildman–Crippen LogP) is 6.15. The second-order valence-corrected chi connectivity index (χ2v) is 12.6. The summed E-state index contributed by atoms with van der Waals surface area (Å²) < 4.78 is 57.1. The lowest BCUT2D eigenvalue weighted by Crippen LogP contribution is -2.48. The van der Waals surface area contributed by atoms with Crippen LogP contribution in [0.3, 0.4) is 0 Å². The molecule has 0 aliphatic carbocycles. The zero-order valence-electron chi connectivity index (χ0n) is 20.1. The van der Waals surface area contributed by atoms with Gasteiger partial charge < -0.3 is 0 Å². The van der Waals surface area contributed by atoms with E-state index in [2.05, 4.69) is 4.37 Å². The number of nitrogens with two attached hydrogens (primary N) is 1. The maximum absolute atomic E-state index is 14.5. The van der Waals surface area contributed by atoms with Crippen LogP contribution in [0.2, 0.25) is 0 Å². The van der Waals surface area contributed by atoms with Crippen molar-refractivity contribution in [1.82, 2.24) is 9.27 Å². The molecule has 0 spiro atoms. The van der Waals surface area contributed by atoms with Crippen LogP contribution in [0.1, 0.15) is 33.1 Å². The lowest BCUT2D eigenvalue weighted by Gasteiger charge is -2.37. The summed E-state index contributed by atoms with van der Waals surface area (Å²) >= 11 is 2.06. The molecule has 37 heavy (non-hydrogen) atoms. The minimum absolute atomic E-state index is 0.00128. The van der Waals surface area contributed by atoms with Crippen LogP contribution < -0.4 is 10.0 Å². The Hall–Kier alpha value is -2.80. The van der Waals surface area contributed by atoms with Crippen molar-refractivity contribution in [3.63, 3.8) is 0 Å². The van der Waals surface area contributed by atoms with Gasteiger partial charge in [0.15, 0.2) is 5.82 Å². The third kappa shape index (κ3) is 4.78. The Bertz CT molecular complexity index is 1580. The highest BCUT2D eigenvalue weighted by atomic mass is 32.3. The van der Waals surface area contributed by atoms with E-state index in [4.69, 9.17) is 5.14 Å². The highest BCUT2D eigenvalue weighted by Gasteiger charge is 2.33. The third-order valence-corrected chi connectivity index (χ3v) is 10.5. The molecule has 0 radical (unpaired) electrons. The van der Waals surface area contributed by atoms with E-state index in [-0.39, 0.29) is 21.2 Å². The van der Waals surface area contributed by atoms with Crippen LogP contribution in [0.5, 0.6) is 0 Å². The molecule has 2 aliphatic rings. The number of primary sulfonamides is 1. The molecule has 0 atom stereocenters. The van der Waals surface area contributed by atoms with Crippen molar-refractivity contribution in [1.29, 1.82) is 0 Å². The first kappa shape index (κ1) is 25.8. The van der Waals surface area contributed by atoms with Crippen molar-refractivity contribution >= 4 is 55.9 Å². The number of fused-ring (bicyclic) bond motifs is 1. The number of urea groups is 1. The van der Waals surface area contributed by atoms with Gasteiger partial charge in [-0.05, 0) is 85.6 Å². The lowest BCUT2D eigenvalue weighted by atomic mass is 10.1. The number of benzene rings is 2. The molecule has 5 rings (SSSR count). The van der Waals surface area contributed by atoms with Crippen LogP contribution in [0.15, 0.2) is 56.8 Å². The summed E-state index contributed by atoms with van der Waals surface area (Å²) in [6.07, 6.45) is 1.87. The summed E-state index contributed by atoms with van der Waals surface area (Å²) in [7, 11) is -3.92. The fraction of sp³-hybridized carbons (Fsp3) is 0.280. The van der Waals surface area contributed by atoms with Gasteiger partial charge in [0, 0.05) is 18.8 Å². The number of sulfonamides is 1. The van der Waals surface area contributed by atoms with Gasteiger partial charge in [0.25, 0.3) is 0 Å². The summed E-state index contributed by atoms with van der Waals surface area (Å²) in [5.74, 6) is -1.12. The number of allylic oxidation sites excluding steroid dienone is 2. The Kier molecular flexibility index (Phi) is 6.86. The van der Waals surface area contributed by atoms with E-state index in [1.165, 1.54) is 0 Å². The molecule has 0 bridgehead atoms. The molecule has 2 aromatic carbocycles. The zero-order valence-corrected chi connectivity index (χ0v) is 22.6. The number of halogens is 2. The van der Waals surface area contributed by atoms with Crippen molar-refractivity contribution in [2.24, 2.45) is 5.14 Å². The number of carbonyl (C=O) groups is 1. The van der Waals surface area contributed by atoms with Crippen LogP contribution in [-0.2, 0) is 10.0 Å². The number of hydrogen-bond donors (Lipinski definition) is 1. The maximum Gasteiger partial charge on any atom is 0.329 e. The number of nitrogens with zero attached hydrogens (tertiary/aromatic N) is 3. The van der Waals surface area contributed by atoms with Crippen LogP contribution in [0.25, 0.3) is 21.3 Å². The van der Waals surface area contributed by atoms with Gasteiger partial charge in [-0.25, -0.2) is 27.1 Å². The molecule has 3 aromatic rings. The first-order chi connectivity index (χ1) is 17.6. The maximum atomic E-state index is 14.5. The highest BCUT2D eigenvalue weighted by molar-refractivity contribution is 8.20. The second kappa shape index (κ2) is 9.82. The van der Waals surface area contributed by atoms with Crippen LogP contribution in [-0.4, -0.2) is 36.8 Å². The Morgan fingerprint density at radius 1 is 0.946 bits per heavy atom. The van der Waals surface area contributed by atoms with Gasteiger partial charge >= 0.3 is 6.03 Å². The molecule has 7 nitrogen and oxygen atoms in total. The van der Waals surface area contributed by atoms with Crippen molar-refractivity contribution < 1.29 is 22.0 Å². The number of carbonyl (C=O) groups excluding carboxylic acids is 1. The number of hydrogen-bond acceptors (Lipinski definition) is 6. The van der Waals surface area contributed by atoms with E-state index in [1.54, 1.807) is 41.0 Å². The van der Waals surface area contributed by atoms with E-state index in [0.29, 0.717) is 59.1 Å². The summed E-state index contributed by atoms with van der Waals surface area (Å²) in [4.78, 5) is 17.4. The fourth-order valence-corrected chi connectivity index (χ4v) is 7.74. The molecule has 1 fully saturated rings. The Morgan fingerprint density at radius 3 is 2.30 bits per heavy atom. The SMILES string of the molecule is CC1=C(N2CCCN(c3ccc(-c4snc5c(F)ccc(F)c45)cc3)C2=O)SC(S(N)(=O)=O)=C(C)CC1. The van der Waals surface area contributed by atoms with Crippen molar-refractivity contribution in [2.45, 2.75) is 33.1 Å². The van der Waals surface area contributed by atoms with Gasteiger partial charge in [-0.1, -0.05) is 23.9 Å². The van der Waals surface area contributed by atoms with Gasteiger partial charge in [-0.15, -0.1) is 0 Å². The summed E-state index contributed by atoms with van der Waals surface area (Å²) in [5, 5.41) is 6.21. The Labute approximate surface area is 221 Å². The van der Waals surface area contributed by atoms with E-state index in [1.807, 2.05) is 6.92 Å². The molecule has 1 saturated heterocycles. The van der Waals surface area contributed by atoms with E-state index >= 15 is 0 Å². The average Bonchev–Trinajstić information content (AvgIpc) is 3.25. The van der Waals surface area contributed by atoms with Crippen LogP contribution in [0.4, 0.5) is 19.3 Å². The Balaban J connectivity index is 1.44. The topological polar surface area (TPSA) is 96.6 Å². The van der Waals surface area contributed by atoms with Crippen molar-refractivity contribution in [3.8, 4) is 10.4 Å². The molecular formula is C25H24F2N4O3S3. The molecule has 2 amide bonds. The van der Waals surface area contributed by atoms with Gasteiger partial charge in [0.05, 0.1) is 15.3 Å². The quantitative estimate of drug-likeness (QED) is 0.411. The van der Waals surface area contributed by atoms with Crippen LogP contribution in [0, 0.1) is 11.6 Å².